The van der Waals surface area contributed by atoms with Crippen LogP contribution in [-0.4, -0.2) is 37.0 Å². The Morgan fingerprint density at radius 3 is 2.53 bits per heavy atom. The highest BCUT2D eigenvalue weighted by atomic mass is 19.4. The van der Waals surface area contributed by atoms with Crippen LogP contribution in [0.2, 0.25) is 0 Å². The van der Waals surface area contributed by atoms with Crippen LogP contribution in [0.3, 0.4) is 0 Å². The predicted molar refractivity (Wildman–Crippen MR) is 64.8 cm³/mol. The Hall–Kier alpha value is -0.980. The number of amides is 1. The molecule has 1 aliphatic rings. The molecule has 4 nitrogen and oxygen atoms in total. The monoisotopic (exact) mass is 282 g/mol. The molecule has 2 atom stereocenters. The maximum absolute atomic E-state index is 12.8. The van der Waals surface area contributed by atoms with Gasteiger partial charge in [0.2, 0.25) is 0 Å². The van der Waals surface area contributed by atoms with Gasteiger partial charge in [0.15, 0.2) is 0 Å². The molecule has 2 N–H and O–H groups in total. The molecule has 0 aromatic carbocycles. The summed E-state index contributed by atoms with van der Waals surface area (Å²) in [6, 6.07) is -0.790. The Labute approximate surface area is 111 Å². The topological polar surface area (TPSA) is 50.4 Å². The Balaban J connectivity index is 2.48. The number of halogens is 3. The summed E-state index contributed by atoms with van der Waals surface area (Å²) < 4.78 is 43.4. The molecule has 0 aromatic heterocycles. The molecule has 0 bridgehead atoms. The van der Waals surface area contributed by atoms with Crippen LogP contribution in [0, 0.1) is 5.92 Å². The summed E-state index contributed by atoms with van der Waals surface area (Å²) in [6.07, 6.45) is -4.35. The molecule has 0 spiro atoms. The molecule has 7 heteroatoms. The fourth-order valence-electron chi connectivity index (χ4n) is 2.07. The van der Waals surface area contributed by atoms with E-state index in [0.717, 1.165) is 0 Å². The normalized spacial score (nSPS) is 24.9. The zero-order valence-electron chi connectivity index (χ0n) is 11.4. The van der Waals surface area contributed by atoms with Crippen LogP contribution in [0.1, 0.15) is 33.6 Å². The van der Waals surface area contributed by atoms with Crippen molar-refractivity contribution in [2.75, 3.05) is 13.1 Å². The molecule has 1 heterocycles. The molecule has 0 radical (unpaired) electrons. The van der Waals surface area contributed by atoms with E-state index in [9.17, 15) is 18.0 Å². The highest BCUT2D eigenvalue weighted by Crippen LogP contribution is 2.34. The summed E-state index contributed by atoms with van der Waals surface area (Å²) in [7, 11) is 0. The first kappa shape index (κ1) is 16.1. The molecule has 0 saturated carbocycles. The molecule has 1 aliphatic heterocycles. The molecular formula is C12H21F3N2O2. The van der Waals surface area contributed by atoms with Gasteiger partial charge in [-0.1, -0.05) is 0 Å². The maximum Gasteiger partial charge on any atom is 0.407 e. The number of ether oxygens (including phenoxy) is 1. The third-order valence-corrected chi connectivity index (χ3v) is 2.87. The van der Waals surface area contributed by atoms with Crippen LogP contribution in [0.15, 0.2) is 0 Å². The zero-order valence-corrected chi connectivity index (χ0v) is 11.4. The fraction of sp³-hybridized carbons (Fsp3) is 0.917. The van der Waals surface area contributed by atoms with Crippen LogP contribution in [0.5, 0.6) is 0 Å². The fourth-order valence-corrected chi connectivity index (χ4v) is 2.07. The molecule has 0 aliphatic carbocycles. The molecule has 112 valence electrons. The van der Waals surface area contributed by atoms with E-state index < -0.39 is 29.8 Å². The van der Waals surface area contributed by atoms with Gasteiger partial charge in [-0.3, -0.25) is 0 Å². The zero-order chi connectivity index (χ0) is 14.7. The highest BCUT2D eigenvalue weighted by Gasteiger charge is 2.45. The lowest BCUT2D eigenvalue weighted by Gasteiger charge is -2.34. The minimum atomic E-state index is -4.24. The summed E-state index contributed by atoms with van der Waals surface area (Å²) in [4.78, 5) is 11.4. The van der Waals surface area contributed by atoms with Crippen molar-refractivity contribution in [3.63, 3.8) is 0 Å². The van der Waals surface area contributed by atoms with Gasteiger partial charge in [-0.2, -0.15) is 13.2 Å². The molecular weight excluding hydrogens is 261 g/mol. The average molecular weight is 282 g/mol. The van der Waals surface area contributed by atoms with Gasteiger partial charge in [0, 0.05) is 12.6 Å². The van der Waals surface area contributed by atoms with Crippen molar-refractivity contribution in [3.8, 4) is 0 Å². The van der Waals surface area contributed by atoms with Crippen LogP contribution < -0.4 is 10.6 Å². The molecule has 1 rings (SSSR count). The molecule has 19 heavy (non-hydrogen) atoms. The summed E-state index contributed by atoms with van der Waals surface area (Å²) in [5.41, 5.74) is -0.659. The second kappa shape index (κ2) is 5.98. The maximum atomic E-state index is 12.8. The van der Waals surface area contributed by atoms with E-state index >= 15 is 0 Å². The molecule has 0 aromatic rings. The van der Waals surface area contributed by atoms with Gasteiger partial charge in [-0.15, -0.1) is 0 Å². The standard InChI is InChI=1S/C12H21F3N2O2/c1-11(2,3)19-10(18)17-7-9-8(12(13,14)15)5-4-6-16-9/h8-9,16H,4-7H2,1-3H3,(H,17,18)/t8-,9?/m1/s1. The molecule has 1 saturated heterocycles. The summed E-state index contributed by atoms with van der Waals surface area (Å²) >= 11 is 0. The lowest BCUT2D eigenvalue weighted by molar-refractivity contribution is -0.187. The third kappa shape index (κ3) is 5.67. The number of carbonyl (C=O) groups is 1. The van der Waals surface area contributed by atoms with E-state index in [4.69, 9.17) is 4.74 Å². The number of alkyl carbamates (subject to hydrolysis) is 1. The van der Waals surface area contributed by atoms with Gasteiger partial charge in [-0.25, -0.2) is 4.79 Å². The predicted octanol–water partition coefficient (Wildman–Crippen LogP) is 2.44. The second-order valence-corrected chi connectivity index (χ2v) is 5.73. The Morgan fingerprint density at radius 1 is 1.37 bits per heavy atom. The number of nitrogens with one attached hydrogen (secondary N) is 2. The van der Waals surface area contributed by atoms with Crippen LogP contribution in [0.4, 0.5) is 18.0 Å². The largest absolute Gasteiger partial charge is 0.444 e. The highest BCUT2D eigenvalue weighted by molar-refractivity contribution is 5.67. The minimum absolute atomic E-state index is 0.0842. The van der Waals surface area contributed by atoms with Crippen molar-refractivity contribution in [2.24, 2.45) is 5.92 Å². The first-order valence-electron chi connectivity index (χ1n) is 6.36. The van der Waals surface area contributed by atoms with Gasteiger partial charge >= 0.3 is 12.3 Å². The van der Waals surface area contributed by atoms with Crippen molar-refractivity contribution < 1.29 is 22.7 Å². The molecule has 1 unspecified atom stereocenters. The van der Waals surface area contributed by atoms with E-state index in [2.05, 4.69) is 10.6 Å². The van der Waals surface area contributed by atoms with Crippen molar-refractivity contribution in [3.05, 3.63) is 0 Å². The van der Waals surface area contributed by atoms with Crippen molar-refractivity contribution in [2.45, 2.75) is 51.4 Å². The Kier molecular flexibility index (Phi) is 5.06. The first-order valence-corrected chi connectivity index (χ1v) is 6.36. The van der Waals surface area contributed by atoms with E-state index in [-0.39, 0.29) is 13.0 Å². The van der Waals surface area contributed by atoms with Gasteiger partial charge < -0.3 is 15.4 Å². The van der Waals surface area contributed by atoms with Gasteiger partial charge in [0.1, 0.15) is 5.60 Å². The summed E-state index contributed by atoms with van der Waals surface area (Å²) in [5, 5.41) is 5.19. The number of hydrogen-bond acceptors (Lipinski definition) is 3. The lowest BCUT2D eigenvalue weighted by Crippen LogP contribution is -2.53. The van der Waals surface area contributed by atoms with Crippen molar-refractivity contribution in [1.82, 2.24) is 10.6 Å². The van der Waals surface area contributed by atoms with Crippen LogP contribution in [-0.2, 0) is 4.74 Å². The van der Waals surface area contributed by atoms with Crippen LogP contribution in [0.25, 0.3) is 0 Å². The van der Waals surface area contributed by atoms with Crippen LogP contribution >= 0.6 is 0 Å². The van der Waals surface area contributed by atoms with Gasteiger partial charge in [0.05, 0.1) is 5.92 Å². The summed E-state index contributed by atoms with van der Waals surface area (Å²) in [5.74, 6) is -1.42. The molecule has 1 amide bonds. The molecule has 1 fully saturated rings. The number of piperidine rings is 1. The quantitative estimate of drug-likeness (QED) is 0.818. The Bertz CT molecular complexity index is 313. The summed E-state index contributed by atoms with van der Waals surface area (Å²) in [6.45, 7) is 5.55. The number of rotatable bonds is 2. The first-order chi connectivity index (χ1) is 8.59. The second-order valence-electron chi connectivity index (χ2n) is 5.73. The third-order valence-electron chi connectivity index (χ3n) is 2.87. The smallest absolute Gasteiger partial charge is 0.407 e. The van der Waals surface area contributed by atoms with E-state index in [1.807, 2.05) is 0 Å². The minimum Gasteiger partial charge on any atom is -0.444 e. The SMILES string of the molecule is CC(C)(C)OC(=O)NCC1NCCC[C@H]1C(F)(F)F. The number of hydrogen-bond donors (Lipinski definition) is 2. The Morgan fingerprint density at radius 2 is 2.00 bits per heavy atom. The average Bonchev–Trinajstić information content (AvgIpc) is 2.23. The van der Waals surface area contributed by atoms with E-state index in [1.54, 1.807) is 20.8 Å². The van der Waals surface area contributed by atoms with Gasteiger partial charge in [0.25, 0.3) is 0 Å². The van der Waals surface area contributed by atoms with E-state index in [0.29, 0.717) is 13.0 Å². The number of alkyl halides is 3. The van der Waals surface area contributed by atoms with E-state index in [1.165, 1.54) is 0 Å². The van der Waals surface area contributed by atoms with Crippen molar-refractivity contribution >= 4 is 6.09 Å². The number of carbonyl (C=O) groups excluding carboxylic acids is 1. The van der Waals surface area contributed by atoms with Crippen molar-refractivity contribution in [1.29, 1.82) is 0 Å². The van der Waals surface area contributed by atoms with Gasteiger partial charge in [-0.05, 0) is 40.2 Å². The lowest BCUT2D eigenvalue weighted by atomic mass is 9.90.